The van der Waals surface area contributed by atoms with Crippen molar-refractivity contribution in [3.63, 3.8) is 0 Å². The summed E-state index contributed by atoms with van der Waals surface area (Å²) >= 11 is 4.20. The lowest BCUT2D eigenvalue weighted by atomic mass is 10.00. The van der Waals surface area contributed by atoms with Crippen molar-refractivity contribution in [3.05, 3.63) is 0 Å². The van der Waals surface area contributed by atoms with Crippen LogP contribution >= 0.6 is 12.6 Å². The minimum atomic E-state index is -1.17. The zero-order valence-corrected chi connectivity index (χ0v) is 8.97. The molecule has 2 saturated heterocycles. The molecule has 0 aromatic carbocycles. The molecular formula is C8H13NO4S. The fourth-order valence-electron chi connectivity index (χ4n) is 2.06. The van der Waals surface area contributed by atoms with Gasteiger partial charge in [0.15, 0.2) is 11.7 Å². The maximum Gasteiger partial charge on any atom is 0.277 e. The largest absolute Gasteiger partial charge is 0.464 e. The molecule has 80 valence electrons. The van der Waals surface area contributed by atoms with E-state index >= 15 is 0 Å². The van der Waals surface area contributed by atoms with Gasteiger partial charge >= 0.3 is 0 Å². The average molecular weight is 219 g/mol. The Labute approximate surface area is 87.6 Å². The third-order valence-corrected chi connectivity index (χ3v) is 3.32. The molecule has 2 fully saturated rings. The van der Waals surface area contributed by atoms with Crippen LogP contribution in [0.15, 0.2) is 0 Å². The van der Waals surface area contributed by atoms with Crippen LogP contribution in [0.25, 0.3) is 0 Å². The van der Waals surface area contributed by atoms with E-state index in [2.05, 4.69) is 12.6 Å². The molecule has 5 nitrogen and oxygen atoms in total. The quantitative estimate of drug-likeness (QED) is 0.658. The summed E-state index contributed by atoms with van der Waals surface area (Å²) in [6, 6.07) is 0. The van der Waals surface area contributed by atoms with Crippen LogP contribution in [0.3, 0.4) is 0 Å². The molecule has 0 amide bonds. The maximum absolute atomic E-state index is 7.66. The van der Waals surface area contributed by atoms with Crippen LogP contribution in [0.4, 0.5) is 0 Å². The zero-order valence-electron chi connectivity index (χ0n) is 8.07. The number of hydrogen-bond acceptors (Lipinski definition) is 6. The van der Waals surface area contributed by atoms with Crippen molar-refractivity contribution in [1.82, 2.24) is 0 Å². The van der Waals surface area contributed by atoms with Crippen molar-refractivity contribution in [1.29, 1.82) is 5.41 Å². The molecule has 0 radical (unpaired) electrons. The molecule has 0 aromatic heterocycles. The first-order valence-corrected chi connectivity index (χ1v) is 4.89. The zero-order chi connectivity index (χ0) is 10.4. The minimum absolute atomic E-state index is 0.0350. The Bertz CT molecular complexity index is 274. The number of thiol groups is 1. The number of ether oxygens (including phenoxy) is 4. The fraction of sp³-hybridized carbons (Fsp3) is 0.875. The number of rotatable bonds is 3. The van der Waals surface area contributed by atoms with Crippen LogP contribution in [0.2, 0.25) is 0 Å². The second-order valence-electron chi connectivity index (χ2n) is 3.43. The van der Waals surface area contributed by atoms with Crippen molar-refractivity contribution in [3.8, 4) is 0 Å². The van der Waals surface area contributed by atoms with E-state index in [1.54, 1.807) is 7.11 Å². The van der Waals surface area contributed by atoms with Crippen LogP contribution < -0.4 is 0 Å². The van der Waals surface area contributed by atoms with Gasteiger partial charge in [0.2, 0.25) is 5.90 Å². The minimum Gasteiger partial charge on any atom is -0.464 e. The molecule has 0 aliphatic carbocycles. The lowest BCUT2D eigenvalue weighted by Gasteiger charge is -2.26. The third kappa shape index (κ3) is 0.942. The standard InChI is InChI=1S/C8H13NO4S/c1-10-5-7(4-14)3-12-8(5,11-2)6(9)13-7/h5,9,14H,3-4H2,1-2H3/t5?,7?,8-/m1/s1. The van der Waals surface area contributed by atoms with Gasteiger partial charge in [-0.1, -0.05) is 0 Å². The summed E-state index contributed by atoms with van der Waals surface area (Å²) in [6.07, 6.45) is -0.426. The topological polar surface area (TPSA) is 60.8 Å². The Balaban J connectivity index is 2.40. The maximum atomic E-state index is 7.66. The molecule has 2 bridgehead atoms. The highest BCUT2D eigenvalue weighted by Gasteiger charge is 2.71. The van der Waals surface area contributed by atoms with Gasteiger partial charge < -0.3 is 18.9 Å². The van der Waals surface area contributed by atoms with Gasteiger partial charge in [-0.2, -0.15) is 12.6 Å². The number of hydrogen-bond donors (Lipinski definition) is 2. The summed E-state index contributed by atoms with van der Waals surface area (Å²) in [7, 11) is 3.02. The third-order valence-electron chi connectivity index (χ3n) is 2.78. The molecule has 14 heavy (non-hydrogen) atoms. The van der Waals surface area contributed by atoms with Gasteiger partial charge in [-0.3, -0.25) is 5.41 Å². The van der Waals surface area contributed by atoms with Crippen LogP contribution in [-0.4, -0.2) is 50.0 Å². The lowest BCUT2D eigenvalue weighted by Crippen LogP contribution is -2.47. The summed E-state index contributed by atoms with van der Waals surface area (Å²) < 4.78 is 21.4. The molecule has 0 aromatic rings. The van der Waals surface area contributed by atoms with Crippen LogP contribution in [-0.2, 0) is 18.9 Å². The number of methoxy groups -OCH3 is 2. The van der Waals surface area contributed by atoms with Gasteiger partial charge in [0.25, 0.3) is 5.79 Å². The van der Waals surface area contributed by atoms with E-state index in [-0.39, 0.29) is 5.90 Å². The fourth-order valence-corrected chi connectivity index (χ4v) is 2.38. The van der Waals surface area contributed by atoms with Gasteiger partial charge in [0.05, 0.1) is 6.61 Å². The van der Waals surface area contributed by atoms with Crippen LogP contribution in [0.1, 0.15) is 0 Å². The first-order valence-electron chi connectivity index (χ1n) is 4.26. The molecule has 2 aliphatic rings. The van der Waals surface area contributed by atoms with E-state index in [4.69, 9.17) is 24.4 Å². The summed E-state index contributed by atoms with van der Waals surface area (Å²) in [4.78, 5) is 0. The van der Waals surface area contributed by atoms with Gasteiger partial charge in [-0.05, 0) is 0 Å². The second kappa shape index (κ2) is 3.10. The van der Waals surface area contributed by atoms with Gasteiger partial charge in [0, 0.05) is 20.0 Å². The van der Waals surface area contributed by atoms with Crippen LogP contribution in [0, 0.1) is 5.41 Å². The molecule has 2 heterocycles. The van der Waals surface area contributed by atoms with E-state index in [1.807, 2.05) is 0 Å². The Kier molecular flexibility index (Phi) is 2.26. The SMILES string of the molecule is COC1C2(CS)CO[C@@]1(OC)C(=N)O2. The predicted molar refractivity (Wildman–Crippen MR) is 51.9 cm³/mol. The first kappa shape index (κ1) is 10.2. The number of fused-ring (bicyclic) bond motifs is 2. The van der Waals surface area contributed by atoms with Crippen molar-refractivity contribution in [2.45, 2.75) is 17.5 Å². The molecule has 1 N–H and O–H groups in total. The Hall–Kier alpha value is -0.300. The van der Waals surface area contributed by atoms with E-state index in [0.29, 0.717) is 12.4 Å². The molecule has 2 rings (SSSR count). The van der Waals surface area contributed by atoms with Gasteiger partial charge in [0.1, 0.15) is 0 Å². The van der Waals surface area contributed by atoms with Crippen LogP contribution in [0.5, 0.6) is 0 Å². The molecule has 0 spiro atoms. The molecule has 6 heteroatoms. The Morgan fingerprint density at radius 2 is 2.36 bits per heavy atom. The van der Waals surface area contributed by atoms with Crippen molar-refractivity contribution < 1.29 is 18.9 Å². The first-order chi connectivity index (χ1) is 6.65. The monoisotopic (exact) mass is 219 g/mol. The van der Waals surface area contributed by atoms with Gasteiger partial charge in [-0.15, -0.1) is 0 Å². The predicted octanol–water partition coefficient (Wildman–Crippen LogP) is 0.0504. The average Bonchev–Trinajstić information content (AvgIpc) is 2.65. The molecule has 2 aliphatic heterocycles. The van der Waals surface area contributed by atoms with Crippen molar-refractivity contribution in [2.24, 2.45) is 0 Å². The van der Waals surface area contributed by atoms with Crippen molar-refractivity contribution >= 4 is 18.5 Å². The Morgan fingerprint density at radius 3 is 2.79 bits per heavy atom. The van der Waals surface area contributed by atoms with E-state index in [0.717, 1.165) is 0 Å². The molecule has 0 saturated carbocycles. The Morgan fingerprint density at radius 1 is 1.64 bits per heavy atom. The molecule has 3 atom stereocenters. The summed E-state index contributed by atoms with van der Waals surface area (Å²) in [5.41, 5.74) is -0.676. The van der Waals surface area contributed by atoms with E-state index in [9.17, 15) is 0 Å². The summed E-state index contributed by atoms with van der Waals surface area (Å²) in [5.74, 6) is -0.775. The highest BCUT2D eigenvalue weighted by molar-refractivity contribution is 7.80. The van der Waals surface area contributed by atoms with E-state index in [1.165, 1.54) is 7.11 Å². The number of nitrogens with one attached hydrogen (secondary N) is 1. The second-order valence-corrected chi connectivity index (χ2v) is 3.75. The van der Waals surface area contributed by atoms with E-state index < -0.39 is 17.5 Å². The lowest BCUT2D eigenvalue weighted by molar-refractivity contribution is -0.189. The highest BCUT2D eigenvalue weighted by atomic mass is 32.1. The highest BCUT2D eigenvalue weighted by Crippen LogP contribution is 2.47. The normalized spacial score (nSPS) is 45.6. The molecular weight excluding hydrogens is 206 g/mol. The smallest absolute Gasteiger partial charge is 0.277 e. The summed E-state index contributed by atoms with van der Waals surface area (Å²) in [5, 5.41) is 7.66. The van der Waals surface area contributed by atoms with Gasteiger partial charge in [-0.25, -0.2) is 0 Å². The molecule has 2 unspecified atom stereocenters. The summed E-state index contributed by atoms with van der Waals surface area (Å²) in [6.45, 7) is 0.339. The van der Waals surface area contributed by atoms with Crippen molar-refractivity contribution in [2.75, 3.05) is 26.6 Å².